The van der Waals surface area contributed by atoms with Gasteiger partial charge in [-0.15, -0.1) is 0 Å². The lowest BCUT2D eigenvalue weighted by Gasteiger charge is -2.09. The molecule has 0 fully saturated rings. The van der Waals surface area contributed by atoms with Crippen LogP contribution in [0.2, 0.25) is 0 Å². The maximum atomic E-state index is 10.5. The molecule has 0 heterocycles. The number of hydrogen-bond acceptors (Lipinski definition) is 1. The van der Waals surface area contributed by atoms with Crippen LogP contribution in [0.4, 0.5) is 0 Å². The monoisotopic (exact) mass is 270 g/mol. The zero-order valence-electron chi connectivity index (χ0n) is 11.5. The van der Waals surface area contributed by atoms with Gasteiger partial charge in [0.1, 0.15) is 5.75 Å². The predicted octanol–water partition coefficient (Wildman–Crippen LogP) is 5.37. The molecule has 0 saturated heterocycles. The van der Waals surface area contributed by atoms with E-state index in [1.165, 1.54) is 0 Å². The minimum absolute atomic E-state index is 0.336. The molecule has 0 aliphatic rings. The third kappa shape index (κ3) is 1.95. The van der Waals surface area contributed by atoms with Crippen LogP contribution in [-0.2, 0) is 0 Å². The molecule has 4 aromatic carbocycles. The van der Waals surface area contributed by atoms with E-state index in [0.717, 1.165) is 32.7 Å². The van der Waals surface area contributed by atoms with Gasteiger partial charge in [-0.1, -0.05) is 66.7 Å². The van der Waals surface area contributed by atoms with Crippen LogP contribution in [0.3, 0.4) is 0 Å². The number of phenolic OH excluding ortho intramolecular Hbond substituents is 1. The summed E-state index contributed by atoms with van der Waals surface area (Å²) in [6, 6.07) is 26.4. The van der Waals surface area contributed by atoms with Crippen molar-refractivity contribution in [1.29, 1.82) is 0 Å². The number of rotatable bonds is 1. The second-order valence-electron chi connectivity index (χ2n) is 5.25. The normalized spacial score (nSPS) is 11.0. The van der Waals surface area contributed by atoms with Crippen molar-refractivity contribution in [2.75, 3.05) is 0 Å². The van der Waals surface area contributed by atoms with Crippen LogP contribution >= 0.6 is 0 Å². The van der Waals surface area contributed by atoms with Crippen molar-refractivity contribution in [2.24, 2.45) is 0 Å². The first kappa shape index (κ1) is 12.0. The van der Waals surface area contributed by atoms with Crippen LogP contribution in [0, 0.1) is 0 Å². The third-order valence-electron chi connectivity index (χ3n) is 3.93. The van der Waals surface area contributed by atoms with Gasteiger partial charge in [-0.05, 0) is 39.4 Å². The van der Waals surface area contributed by atoms with Gasteiger partial charge in [0.15, 0.2) is 0 Å². The molecule has 0 atom stereocenters. The van der Waals surface area contributed by atoms with E-state index in [4.69, 9.17) is 0 Å². The molecule has 0 bridgehead atoms. The van der Waals surface area contributed by atoms with E-state index in [-0.39, 0.29) is 0 Å². The first-order chi connectivity index (χ1) is 10.3. The minimum Gasteiger partial charge on any atom is -0.507 e. The molecule has 0 spiro atoms. The number of fused-ring (bicyclic) bond motifs is 3. The highest BCUT2D eigenvalue weighted by Gasteiger charge is 2.08. The highest BCUT2D eigenvalue weighted by Crippen LogP contribution is 2.36. The largest absolute Gasteiger partial charge is 0.507 e. The van der Waals surface area contributed by atoms with E-state index in [1.807, 2.05) is 36.4 Å². The number of benzene rings is 4. The molecule has 1 N–H and O–H groups in total. The second kappa shape index (κ2) is 4.64. The van der Waals surface area contributed by atoms with E-state index >= 15 is 0 Å². The Morgan fingerprint density at radius 3 is 2.14 bits per heavy atom. The fourth-order valence-electron chi connectivity index (χ4n) is 2.92. The Morgan fingerprint density at radius 1 is 0.571 bits per heavy atom. The van der Waals surface area contributed by atoms with E-state index < -0.39 is 0 Å². The van der Waals surface area contributed by atoms with Gasteiger partial charge < -0.3 is 5.11 Å². The molecule has 21 heavy (non-hydrogen) atoms. The molecular weight excluding hydrogens is 256 g/mol. The van der Waals surface area contributed by atoms with Crippen LogP contribution in [0.25, 0.3) is 32.7 Å². The van der Waals surface area contributed by atoms with Crippen molar-refractivity contribution in [3.63, 3.8) is 0 Å². The first-order valence-electron chi connectivity index (χ1n) is 7.03. The maximum absolute atomic E-state index is 10.5. The van der Waals surface area contributed by atoms with E-state index in [0.29, 0.717) is 5.75 Å². The molecule has 1 heteroatoms. The van der Waals surface area contributed by atoms with Gasteiger partial charge in [0.05, 0.1) is 0 Å². The lowest BCUT2D eigenvalue weighted by Crippen LogP contribution is -1.82. The molecule has 100 valence electrons. The summed E-state index contributed by atoms with van der Waals surface area (Å²) in [6.45, 7) is 0. The zero-order valence-corrected chi connectivity index (χ0v) is 11.5. The third-order valence-corrected chi connectivity index (χ3v) is 3.93. The summed E-state index contributed by atoms with van der Waals surface area (Å²) >= 11 is 0. The van der Waals surface area contributed by atoms with Gasteiger partial charge in [-0.2, -0.15) is 0 Å². The van der Waals surface area contributed by atoms with E-state index in [9.17, 15) is 5.11 Å². The SMILES string of the molecule is Oc1cc(-c2ccccc2)cc2ccc3ccccc3c12. The van der Waals surface area contributed by atoms with Crippen molar-refractivity contribution in [3.05, 3.63) is 78.9 Å². The Labute approximate surface area is 123 Å². The smallest absolute Gasteiger partial charge is 0.124 e. The van der Waals surface area contributed by atoms with Gasteiger partial charge in [-0.25, -0.2) is 0 Å². The molecule has 0 radical (unpaired) electrons. The fraction of sp³-hybridized carbons (Fsp3) is 0. The topological polar surface area (TPSA) is 20.2 Å². The zero-order chi connectivity index (χ0) is 14.2. The molecule has 0 saturated carbocycles. The summed E-state index contributed by atoms with van der Waals surface area (Å²) in [5.74, 6) is 0.336. The fourth-order valence-corrected chi connectivity index (χ4v) is 2.92. The highest BCUT2D eigenvalue weighted by molar-refractivity contribution is 6.11. The van der Waals surface area contributed by atoms with Crippen molar-refractivity contribution in [1.82, 2.24) is 0 Å². The Bertz CT molecular complexity index is 940. The maximum Gasteiger partial charge on any atom is 0.124 e. The number of hydrogen-bond donors (Lipinski definition) is 1. The average molecular weight is 270 g/mol. The second-order valence-corrected chi connectivity index (χ2v) is 5.25. The van der Waals surface area contributed by atoms with Gasteiger partial charge in [0.2, 0.25) is 0 Å². The molecule has 0 unspecified atom stereocenters. The Hall–Kier alpha value is -2.80. The van der Waals surface area contributed by atoms with Gasteiger partial charge in [0, 0.05) is 5.39 Å². The summed E-state index contributed by atoms with van der Waals surface area (Å²) in [7, 11) is 0. The van der Waals surface area contributed by atoms with Crippen LogP contribution < -0.4 is 0 Å². The number of aromatic hydroxyl groups is 1. The van der Waals surface area contributed by atoms with Gasteiger partial charge >= 0.3 is 0 Å². The van der Waals surface area contributed by atoms with Crippen molar-refractivity contribution in [2.45, 2.75) is 0 Å². The Morgan fingerprint density at radius 2 is 1.29 bits per heavy atom. The van der Waals surface area contributed by atoms with Crippen LogP contribution in [0.1, 0.15) is 0 Å². The molecule has 0 amide bonds. The molecule has 1 nitrogen and oxygen atoms in total. The van der Waals surface area contributed by atoms with Crippen LogP contribution in [0.5, 0.6) is 5.75 Å². The number of phenols is 1. The summed E-state index contributed by atoms with van der Waals surface area (Å²) in [5.41, 5.74) is 2.15. The molecule has 0 aromatic heterocycles. The summed E-state index contributed by atoms with van der Waals surface area (Å²) in [5, 5.41) is 14.7. The van der Waals surface area contributed by atoms with E-state index in [1.54, 1.807) is 0 Å². The molecule has 4 rings (SSSR count). The summed E-state index contributed by atoms with van der Waals surface area (Å²) in [6.07, 6.45) is 0. The van der Waals surface area contributed by atoms with Crippen LogP contribution in [0.15, 0.2) is 78.9 Å². The molecule has 4 aromatic rings. The summed E-state index contributed by atoms with van der Waals surface area (Å²) in [4.78, 5) is 0. The lowest BCUT2D eigenvalue weighted by molar-refractivity contribution is 0.482. The molecule has 0 aliphatic carbocycles. The average Bonchev–Trinajstić information content (AvgIpc) is 2.55. The van der Waals surface area contributed by atoms with E-state index in [2.05, 4.69) is 42.5 Å². The molecular formula is C20H14O. The first-order valence-corrected chi connectivity index (χ1v) is 7.03. The molecule has 0 aliphatic heterocycles. The predicted molar refractivity (Wildman–Crippen MR) is 88.6 cm³/mol. The summed E-state index contributed by atoms with van der Waals surface area (Å²) < 4.78 is 0. The Kier molecular flexibility index (Phi) is 2.65. The lowest BCUT2D eigenvalue weighted by atomic mass is 9.96. The van der Waals surface area contributed by atoms with Gasteiger partial charge in [-0.3, -0.25) is 0 Å². The van der Waals surface area contributed by atoms with Crippen molar-refractivity contribution < 1.29 is 5.11 Å². The highest BCUT2D eigenvalue weighted by atomic mass is 16.3. The quantitative estimate of drug-likeness (QED) is 0.461. The van der Waals surface area contributed by atoms with Crippen molar-refractivity contribution in [3.8, 4) is 16.9 Å². The van der Waals surface area contributed by atoms with Gasteiger partial charge in [0.25, 0.3) is 0 Å². The standard InChI is InChI=1S/C20H14O/c21-19-13-17(14-6-2-1-3-7-14)12-16-11-10-15-8-4-5-9-18(15)20(16)19/h1-13,21H. The van der Waals surface area contributed by atoms with Crippen LogP contribution in [-0.4, -0.2) is 5.11 Å². The minimum atomic E-state index is 0.336. The Balaban J connectivity index is 2.06. The van der Waals surface area contributed by atoms with Crippen molar-refractivity contribution >= 4 is 21.5 Å².